The van der Waals surface area contributed by atoms with Gasteiger partial charge < -0.3 is 5.32 Å². The number of sulfonamides is 1. The first-order chi connectivity index (χ1) is 13.0. The Morgan fingerprint density at radius 3 is 2.43 bits per heavy atom. The van der Waals surface area contributed by atoms with Crippen LogP contribution in [-0.4, -0.2) is 41.3 Å². The highest BCUT2D eigenvalue weighted by Crippen LogP contribution is 2.29. The molecule has 0 saturated carbocycles. The third kappa shape index (κ3) is 3.95. The van der Waals surface area contributed by atoms with E-state index in [1.807, 2.05) is 0 Å². The number of aromatic nitrogens is 4. The lowest BCUT2D eigenvalue weighted by molar-refractivity contribution is -0.146. The quantitative estimate of drug-likeness (QED) is 0.578. The number of nitrogens with zero attached hydrogens (tertiary/aromatic N) is 4. The number of nitrogens with one attached hydrogen (secondary N) is 2. The summed E-state index contributed by atoms with van der Waals surface area (Å²) in [5.74, 6) is -1.02. The number of fused-ring (bicyclic) bond motifs is 1. The zero-order valence-electron chi connectivity index (χ0n) is 15.1. The molecule has 0 bridgehead atoms. The third-order valence-electron chi connectivity index (χ3n) is 4.04. The van der Waals surface area contributed by atoms with Gasteiger partial charge in [-0.3, -0.25) is 0 Å². The standard InChI is InChI=1S/C15H17F3N6O2S2/c1-8-4-5-11(27-8)28(25,26)20-7-6-19-12-9(2)10(3)13-21-22-14(15(16,17)18)24(13)23-12/h4-5,20H,6-7H2,1-3H3,(H,19,23). The minimum Gasteiger partial charge on any atom is -0.367 e. The lowest BCUT2D eigenvalue weighted by atomic mass is 10.2. The van der Waals surface area contributed by atoms with Crippen LogP contribution in [0.15, 0.2) is 16.3 Å². The van der Waals surface area contributed by atoms with Crippen LogP contribution >= 0.6 is 11.3 Å². The summed E-state index contributed by atoms with van der Waals surface area (Å²) < 4.78 is 66.8. The number of hydrogen-bond acceptors (Lipinski definition) is 7. The molecular formula is C15H17F3N6O2S2. The van der Waals surface area contributed by atoms with Crippen molar-refractivity contribution in [3.63, 3.8) is 0 Å². The SMILES string of the molecule is Cc1ccc(S(=O)(=O)NCCNc2nn3c(C(F)(F)F)nnc3c(C)c2C)s1. The molecule has 3 heterocycles. The van der Waals surface area contributed by atoms with Crippen molar-refractivity contribution >= 4 is 32.8 Å². The number of thiophene rings is 1. The van der Waals surface area contributed by atoms with Crippen molar-refractivity contribution in [2.45, 2.75) is 31.2 Å². The fourth-order valence-corrected chi connectivity index (χ4v) is 4.83. The Labute approximate surface area is 162 Å². The lowest BCUT2D eigenvalue weighted by Gasteiger charge is -2.13. The fraction of sp³-hybridized carbons (Fsp3) is 0.400. The summed E-state index contributed by atoms with van der Waals surface area (Å²) in [6.07, 6.45) is -4.69. The number of aryl methyl sites for hydroxylation is 2. The Morgan fingerprint density at radius 2 is 1.82 bits per heavy atom. The molecule has 3 aromatic rings. The van der Waals surface area contributed by atoms with Crippen molar-refractivity contribution in [2.24, 2.45) is 0 Å². The van der Waals surface area contributed by atoms with E-state index in [9.17, 15) is 21.6 Å². The highest BCUT2D eigenvalue weighted by atomic mass is 32.2. The van der Waals surface area contributed by atoms with E-state index in [1.165, 1.54) is 6.07 Å². The van der Waals surface area contributed by atoms with Crippen LogP contribution in [0.1, 0.15) is 21.8 Å². The monoisotopic (exact) mass is 434 g/mol. The molecule has 8 nitrogen and oxygen atoms in total. The molecule has 0 spiro atoms. The van der Waals surface area contributed by atoms with Gasteiger partial charge in [0.25, 0.3) is 5.82 Å². The number of rotatable bonds is 6. The van der Waals surface area contributed by atoms with Gasteiger partial charge in [0.2, 0.25) is 10.0 Å². The molecule has 0 saturated heterocycles. The first-order valence-electron chi connectivity index (χ1n) is 8.10. The predicted molar refractivity (Wildman–Crippen MR) is 98.0 cm³/mol. The highest BCUT2D eigenvalue weighted by molar-refractivity contribution is 7.91. The summed E-state index contributed by atoms with van der Waals surface area (Å²) in [5, 5.41) is 13.6. The summed E-state index contributed by atoms with van der Waals surface area (Å²) in [4.78, 5) is 0.872. The van der Waals surface area contributed by atoms with Gasteiger partial charge in [0, 0.05) is 23.5 Å². The van der Waals surface area contributed by atoms with Crippen LogP contribution in [-0.2, 0) is 16.2 Å². The Balaban J connectivity index is 1.75. The summed E-state index contributed by atoms with van der Waals surface area (Å²) in [5.41, 5.74) is 1.12. The van der Waals surface area contributed by atoms with Crippen LogP contribution in [0.4, 0.5) is 19.0 Å². The molecule has 28 heavy (non-hydrogen) atoms. The van der Waals surface area contributed by atoms with Crippen molar-refractivity contribution < 1.29 is 21.6 Å². The van der Waals surface area contributed by atoms with E-state index in [0.29, 0.717) is 15.6 Å². The van der Waals surface area contributed by atoms with Crippen LogP contribution in [0.25, 0.3) is 5.65 Å². The van der Waals surface area contributed by atoms with Crippen LogP contribution < -0.4 is 10.0 Å². The maximum Gasteiger partial charge on any atom is 0.453 e. The van der Waals surface area contributed by atoms with Gasteiger partial charge in [0.15, 0.2) is 5.65 Å². The topological polar surface area (TPSA) is 101 Å². The molecule has 3 aromatic heterocycles. The molecule has 0 radical (unpaired) electrons. The van der Waals surface area contributed by atoms with E-state index in [0.717, 1.165) is 16.2 Å². The maximum atomic E-state index is 13.1. The second-order valence-electron chi connectivity index (χ2n) is 6.05. The van der Waals surface area contributed by atoms with Crippen LogP contribution in [0.3, 0.4) is 0 Å². The average molecular weight is 434 g/mol. The van der Waals surface area contributed by atoms with Crippen LogP contribution in [0, 0.1) is 20.8 Å². The smallest absolute Gasteiger partial charge is 0.367 e. The van der Waals surface area contributed by atoms with Gasteiger partial charge in [-0.05, 0) is 38.5 Å². The van der Waals surface area contributed by atoms with Crippen molar-refractivity contribution in [3.05, 3.63) is 34.0 Å². The van der Waals surface area contributed by atoms with Crippen molar-refractivity contribution in [3.8, 4) is 0 Å². The Kier molecular flexibility index (Phi) is 5.34. The summed E-state index contributed by atoms with van der Waals surface area (Å²) in [7, 11) is -3.63. The minimum absolute atomic E-state index is 0.0177. The van der Waals surface area contributed by atoms with Gasteiger partial charge in [-0.1, -0.05) is 0 Å². The first kappa shape index (κ1) is 20.5. The highest BCUT2D eigenvalue weighted by Gasteiger charge is 2.38. The largest absolute Gasteiger partial charge is 0.453 e. The molecule has 0 unspecified atom stereocenters. The van der Waals surface area contributed by atoms with E-state index in [4.69, 9.17) is 0 Å². The van der Waals surface area contributed by atoms with E-state index in [1.54, 1.807) is 26.8 Å². The minimum atomic E-state index is -4.69. The molecule has 3 rings (SSSR count). The number of alkyl halides is 3. The second-order valence-corrected chi connectivity index (χ2v) is 9.33. The Morgan fingerprint density at radius 1 is 1.11 bits per heavy atom. The van der Waals surface area contributed by atoms with Gasteiger partial charge in [0.05, 0.1) is 0 Å². The van der Waals surface area contributed by atoms with E-state index in [-0.39, 0.29) is 28.8 Å². The molecule has 0 atom stereocenters. The normalized spacial score (nSPS) is 12.6. The maximum absolute atomic E-state index is 13.1. The van der Waals surface area contributed by atoms with Crippen molar-refractivity contribution in [1.29, 1.82) is 0 Å². The van der Waals surface area contributed by atoms with Gasteiger partial charge in [-0.2, -0.15) is 17.7 Å². The number of hydrogen-bond donors (Lipinski definition) is 2. The lowest BCUT2D eigenvalue weighted by Crippen LogP contribution is -2.29. The van der Waals surface area contributed by atoms with Gasteiger partial charge in [0.1, 0.15) is 10.0 Å². The molecule has 152 valence electrons. The molecule has 2 N–H and O–H groups in total. The molecule has 0 fully saturated rings. The Hall–Kier alpha value is -2.25. The molecule has 13 heteroatoms. The zero-order chi connectivity index (χ0) is 20.7. The molecule has 0 aliphatic rings. The summed E-state index contributed by atoms with van der Waals surface area (Å²) in [6.45, 7) is 5.27. The third-order valence-corrected chi connectivity index (χ3v) is 6.99. The number of anilines is 1. The molecule has 0 amide bonds. The molecule has 0 aromatic carbocycles. The van der Waals surface area contributed by atoms with E-state index in [2.05, 4.69) is 25.3 Å². The zero-order valence-corrected chi connectivity index (χ0v) is 16.8. The summed E-state index contributed by atoms with van der Waals surface area (Å²) in [6, 6.07) is 3.23. The first-order valence-corrected chi connectivity index (χ1v) is 10.4. The molecular weight excluding hydrogens is 417 g/mol. The van der Waals surface area contributed by atoms with Crippen molar-refractivity contribution in [2.75, 3.05) is 18.4 Å². The van der Waals surface area contributed by atoms with Crippen LogP contribution in [0.5, 0.6) is 0 Å². The Bertz CT molecular complexity index is 1120. The fourth-order valence-electron chi connectivity index (χ4n) is 2.47. The average Bonchev–Trinajstić information content (AvgIpc) is 3.22. The molecule has 0 aliphatic heterocycles. The molecule has 0 aliphatic carbocycles. The van der Waals surface area contributed by atoms with E-state index < -0.39 is 22.0 Å². The van der Waals surface area contributed by atoms with Gasteiger partial charge in [-0.15, -0.1) is 26.6 Å². The van der Waals surface area contributed by atoms with Gasteiger partial charge in [-0.25, -0.2) is 13.1 Å². The van der Waals surface area contributed by atoms with Crippen molar-refractivity contribution in [1.82, 2.24) is 24.5 Å². The second kappa shape index (κ2) is 7.29. The predicted octanol–water partition coefficient (Wildman–Crippen LogP) is 2.52. The summed E-state index contributed by atoms with van der Waals surface area (Å²) >= 11 is 1.15. The number of halogens is 3. The van der Waals surface area contributed by atoms with E-state index >= 15 is 0 Å². The van der Waals surface area contributed by atoms with Crippen LogP contribution in [0.2, 0.25) is 0 Å². The van der Waals surface area contributed by atoms with Gasteiger partial charge >= 0.3 is 6.18 Å².